The molecule has 0 saturated carbocycles. The molecule has 0 fully saturated rings. The van der Waals surface area contributed by atoms with Crippen LogP contribution in [0.2, 0.25) is 0 Å². The smallest absolute Gasteiger partial charge is 0.331 e. The first kappa shape index (κ1) is 29.1. The van der Waals surface area contributed by atoms with Crippen LogP contribution in [0.15, 0.2) is 48.8 Å². The van der Waals surface area contributed by atoms with Crippen molar-refractivity contribution in [2.45, 2.75) is 19.0 Å². The second kappa shape index (κ2) is 15.0. The molecule has 190 valence electrons. The highest BCUT2D eigenvalue weighted by Crippen LogP contribution is 2.08. The number of pyridine rings is 2. The fraction of sp³-hybridized carbons (Fsp3) is 0.333. The molecule has 2 atom stereocenters. The summed E-state index contributed by atoms with van der Waals surface area (Å²) in [7, 11) is 1.15. The quantitative estimate of drug-likeness (QED) is 0.291. The zero-order valence-electron chi connectivity index (χ0n) is 18.9. The maximum Gasteiger partial charge on any atom is 0.331 e. The Hall–Kier alpha value is -3.98. The van der Waals surface area contributed by atoms with Gasteiger partial charge in [-0.2, -0.15) is 10.1 Å². The number of hydroxylamine groups is 4. The number of aliphatic hydroxyl groups excluding tert-OH is 2. The molecule has 0 aliphatic carbocycles. The first-order chi connectivity index (χ1) is 16.7. The maximum atomic E-state index is 12.0. The summed E-state index contributed by atoms with van der Waals surface area (Å²) in [4.78, 5) is 62.8. The van der Waals surface area contributed by atoms with E-state index in [1.165, 1.54) is 24.5 Å². The molecule has 2 unspecified atom stereocenters. The number of aliphatic carboxylic acids is 2. The highest BCUT2D eigenvalue weighted by Gasteiger charge is 2.32. The first-order valence-corrected chi connectivity index (χ1v) is 10.1. The van der Waals surface area contributed by atoms with Crippen LogP contribution in [0, 0.1) is 0 Å². The van der Waals surface area contributed by atoms with E-state index in [4.69, 9.17) is 25.3 Å². The van der Waals surface area contributed by atoms with E-state index in [-0.39, 0.29) is 18.0 Å². The maximum absolute atomic E-state index is 12.0. The van der Waals surface area contributed by atoms with Crippen molar-refractivity contribution < 1.29 is 49.3 Å². The SMILES string of the molecule is CCON(C(=O)c1ccccn1)C(CO)C(=O)O.CON(C(=O)c1ccccn1)C(CO)C(=O)O. The number of amides is 2. The van der Waals surface area contributed by atoms with Gasteiger partial charge in [0.2, 0.25) is 0 Å². The molecule has 0 aromatic carbocycles. The van der Waals surface area contributed by atoms with Gasteiger partial charge in [-0.05, 0) is 31.2 Å². The molecule has 14 nitrogen and oxygen atoms in total. The van der Waals surface area contributed by atoms with Gasteiger partial charge >= 0.3 is 11.9 Å². The molecule has 0 saturated heterocycles. The van der Waals surface area contributed by atoms with Gasteiger partial charge in [-0.15, -0.1) is 0 Å². The summed E-state index contributed by atoms with van der Waals surface area (Å²) in [6, 6.07) is 6.36. The van der Waals surface area contributed by atoms with Crippen LogP contribution in [0.25, 0.3) is 0 Å². The van der Waals surface area contributed by atoms with E-state index in [0.29, 0.717) is 10.1 Å². The Morgan fingerprint density at radius 1 is 0.829 bits per heavy atom. The van der Waals surface area contributed by atoms with Gasteiger partial charge in [-0.1, -0.05) is 12.1 Å². The fourth-order valence-electron chi connectivity index (χ4n) is 2.49. The van der Waals surface area contributed by atoms with E-state index in [1.54, 1.807) is 31.2 Å². The third-order valence-electron chi connectivity index (χ3n) is 4.12. The molecule has 2 aromatic heterocycles. The van der Waals surface area contributed by atoms with Gasteiger partial charge in [0.05, 0.1) is 26.9 Å². The summed E-state index contributed by atoms with van der Waals surface area (Å²) in [5, 5.41) is 36.9. The number of rotatable bonds is 11. The van der Waals surface area contributed by atoms with E-state index in [0.717, 1.165) is 7.11 Å². The molecular formula is C21H26N4O10. The molecular weight excluding hydrogens is 468 g/mol. The lowest BCUT2D eigenvalue weighted by atomic mass is 10.2. The van der Waals surface area contributed by atoms with Gasteiger partial charge in [-0.25, -0.2) is 9.59 Å². The number of hydrogen-bond acceptors (Lipinski definition) is 10. The molecule has 2 aromatic rings. The highest BCUT2D eigenvalue weighted by molar-refractivity contribution is 5.94. The van der Waals surface area contributed by atoms with Crippen LogP contribution in [0.4, 0.5) is 0 Å². The summed E-state index contributed by atoms with van der Waals surface area (Å²) in [5.41, 5.74) is 0.0831. The van der Waals surface area contributed by atoms with Crippen LogP contribution in [-0.2, 0) is 19.3 Å². The third kappa shape index (κ3) is 8.38. The number of carboxylic acid groups (broad SMARTS) is 2. The van der Waals surface area contributed by atoms with Gasteiger partial charge in [-0.3, -0.25) is 29.2 Å². The Bertz CT molecular complexity index is 961. The Kier molecular flexibility index (Phi) is 12.5. The Balaban J connectivity index is 0.000000351. The van der Waals surface area contributed by atoms with E-state index in [2.05, 4.69) is 14.8 Å². The van der Waals surface area contributed by atoms with Crippen molar-refractivity contribution in [3.63, 3.8) is 0 Å². The van der Waals surface area contributed by atoms with Crippen LogP contribution >= 0.6 is 0 Å². The predicted molar refractivity (Wildman–Crippen MR) is 116 cm³/mol. The van der Waals surface area contributed by atoms with E-state index < -0.39 is 49.1 Å². The number of aliphatic hydroxyl groups is 2. The molecule has 35 heavy (non-hydrogen) atoms. The van der Waals surface area contributed by atoms with E-state index >= 15 is 0 Å². The normalized spacial score (nSPS) is 11.9. The van der Waals surface area contributed by atoms with Gasteiger partial charge in [0.1, 0.15) is 11.4 Å². The van der Waals surface area contributed by atoms with Crippen LogP contribution in [0.3, 0.4) is 0 Å². The average molecular weight is 494 g/mol. The monoisotopic (exact) mass is 494 g/mol. The summed E-state index contributed by atoms with van der Waals surface area (Å²) in [5.74, 6) is -4.15. The lowest BCUT2D eigenvalue weighted by molar-refractivity contribution is -0.178. The Morgan fingerprint density at radius 2 is 1.26 bits per heavy atom. The topological polar surface area (TPSA) is 200 Å². The van der Waals surface area contributed by atoms with Crippen LogP contribution < -0.4 is 0 Å². The molecule has 0 aliphatic heterocycles. The minimum Gasteiger partial charge on any atom is -0.480 e. The summed E-state index contributed by atoms with van der Waals surface area (Å²) >= 11 is 0. The molecule has 0 spiro atoms. The van der Waals surface area contributed by atoms with Crippen LogP contribution in [0.1, 0.15) is 27.9 Å². The highest BCUT2D eigenvalue weighted by atomic mass is 16.7. The minimum atomic E-state index is -1.46. The molecule has 0 radical (unpaired) electrons. The van der Waals surface area contributed by atoms with Gasteiger partial charge < -0.3 is 20.4 Å². The fourth-order valence-corrected chi connectivity index (χ4v) is 2.49. The largest absolute Gasteiger partial charge is 0.480 e. The first-order valence-electron chi connectivity index (χ1n) is 10.1. The molecule has 14 heteroatoms. The van der Waals surface area contributed by atoms with Gasteiger partial charge in [0.25, 0.3) is 11.8 Å². The number of nitrogens with zero attached hydrogens (tertiary/aromatic N) is 4. The van der Waals surface area contributed by atoms with Crippen LogP contribution in [-0.4, -0.2) is 103 Å². The molecule has 4 N–H and O–H groups in total. The molecule has 2 amide bonds. The van der Waals surface area contributed by atoms with Crippen molar-refractivity contribution >= 4 is 23.8 Å². The lowest BCUT2D eigenvalue weighted by Gasteiger charge is -2.25. The van der Waals surface area contributed by atoms with Crippen molar-refractivity contribution in [2.75, 3.05) is 26.9 Å². The molecule has 2 rings (SSSR count). The van der Waals surface area contributed by atoms with Crippen molar-refractivity contribution in [3.8, 4) is 0 Å². The molecule has 0 bridgehead atoms. The second-order valence-corrected chi connectivity index (χ2v) is 6.37. The predicted octanol–water partition coefficient (Wildman–Crippen LogP) is -0.548. The zero-order chi connectivity index (χ0) is 26.4. The third-order valence-corrected chi connectivity index (χ3v) is 4.12. The number of hydrogen-bond donors (Lipinski definition) is 4. The lowest BCUT2D eigenvalue weighted by Crippen LogP contribution is -2.47. The van der Waals surface area contributed by atoms with Crippen molar-refractivity contribution in [2.24, 2.45) is 0 Å². The number of aromatic nitrogens is 2. The van der Waals surface area contributed by atoms with Crippen LogP contribution in [0.5, 0.6) is 0 Å². The van der Waals surface area contributed by atoms with Gasteiger partial charge in [0.15, 0.2) is 12.1 Å². The van der Waals surface area contributed by atoms with Gasteiger partial charge in [0, 0.05) is 12.4 Å². The second-order valence-electron chi connectivity index (χ2n) is 6.37. The van der Waals surface area contributed by atoms with Crippen molar-refractivity contribution in [3.05, 3.63) is 60.2 Å². The summed E-state index contributed by atoms with van der Waals surface area (Å²) in [6.07, 6.45) is 2.81. The number of carbonyl (C=O) groups excluding carboxylic acids is 2. The molecule has 0 aliphatic rings. The Morgan fingerprint density at radius 3 is 1.57 bits per heavy atom. The zero-order valence-corrected chi connectivity index (χ0v) is 18.9. The van der Waals surface area contributed by atoms with E-state index in [9.17, 15) is 19.2 Å². The summed E-state index contributed by atoms with van der Waals surface area (Å²) < 4.78 is 0. The number of carboxylic acids is 2. The van der Waals surface area contributed by atoms with Crippen molar-refractivity contribution in [1.82, 2.24) is 20.1 Å². The standard InChI is InChI=1S/C11H14N2O5.C10H12N2O5/c1-2-18-13(9(7-14)11(16)17)10(15)8-5-3-4-6-12-8;1-17-12(8(6-13)10(15)16)9(14)7-4-2-3-5-11-7/h3-6,9,14H,2,7H2,1H3,(H,16,17);2-5,8,13H,6H2,1H3,(H,15,16). The Labute approximate surface area is 199 Å². The van der Waals surface area contributed by atoms with Crippen molar-refractivity contribution in [1.29, 1.82) is 0 Å². The van der Waals surface area contributed by atoms with E-state index in [1.807, 2.05) is 0 Å². The summed E-state index contributed by atoms with van der Waals surface area (Å²) in [6.45, 7) is 0.215. The minimum absolute atomic E-state index is 0.0362. The molecule has 2 heterocycles. The number of carbonyl (C=O) groups is 4. The average Bonchev–Trinajstić information content (AvgIpc) is 2.87.